The molecule has 0 heterocycles. The van der Waals surface area contributed by atoms with Gasteiger partial charge in [0, 0.05) is 0 Å². The fourth-order valence-electron chi connectivity index (χ4n) is 1.25. The minimum Gasteiger partial charge on any atom is -0.137 e. The van der Waals surface area contributed by atoms with Crippen LogP contribution in [0.25, 0.3) is 0 Å². The second kappa shape index (κ2) is 18.1. The Labute approximate surface area is 90.4 Å². The van der Waals surface area contributed by atoms with Crippen molar-refractivity contribution in [3.05, 3.63) is 31.5 Å². The highest BCUT2D eigenvalue weighted by atomic mass is 13.9. The Balaban J connectivity index is 0. The number of hydrogen-bond acceptors (Lipinski definition) is 0. The summed E-state index contributed by atoms with van der Waals surface area (Å²) in [5.74, 6) is 0. The van der Waals surface area contributed by atoms with E-state index in [9.17, 15) is 0 Å². The third-order valence-corrected chi connectivity index (χ3v) is 2.01. The lowest BCUT2D eigenvalue weighted by Gasteiger charge is -1.98. The minimum atomic E-state index is 1.20. The van der Waals surface area contributed by atoms with E-state index in [1.54, 1.807) is 0 Å². The molecule has 0 aromatic rings. The van der Waals surface area contributed by atoms with Gasteiger partial charge in [-0.1, -0.05) is 64.7 Å². The zero-order valence-electron chi connectivity index (χ0n) is 9.86. The van der Waals surface area contributed by atoms with Gasteiger partial charge in [-0.2, -0.15) is 0 Å². The van der Waals surface area contributed by atoms with Crippen molar-refractivity contribution in [2.75, 3.05) is 0 Å². The first kappa shape index (κ1) is 15.7. The molecular weight excluding hydrogens is 168 g/mol. The molecule has 0 atom stereocenters. The number of unbranched alkanes of at least 4 members (excludes halogenated alkanes) is 7. The van der Waals surface area contributed by atoms with Crippen LogP contribution in [0.1, 0.15) is 58.3 Å². The third-order valence-electron chi connectivity index (χ3n) is 2.01. The average molecular weight is 194 g/mol. The van der Waals surface area contributed by atoms with Gasteiger partial charge in [0.05, 0.1) is 0 Å². The van der Waals surface area contributed by atoms with E-state index in [-0.39, 0.29) is 0 Å². The van der Waals surface area contributed by atoms with Crippen LogP contribution >= 0.6 is 0 Å². The molecule has 0 nitrogen and oxygen atoms in total. The summed E-state index contributed by atoms with van der Waals surface area (Å²) >= 11 is 0. The summed E-state index contributed by atoms with van der Waals surface area (Å²) in [6.45, 7) is 12.2. The van der Waals surface area contributed by atoms with Crippen LogP contribution in [0.3, 0.4) is 0 Å². The molecule has 0 aromatic heterocycles. The Kier molecular flexibility index (Phi) is 20.4. The Hall–Kier alpha value is -0.740. The normalized spacial score (nSPS) is 8.36. The van der Waals surface area contributed by atoms with Crippen LogP contribution in [0.2, 0.25) is 0 Å². The van der Waals surface area contributed by atoms with Crippen molar-refractivity contribution in [3.63, 3.8) is 0 Å². The maximum atomic E-state index is 3.71. The maximum Gasteiger partial charge on any atom is -0.0353 e. The Morgan fingerprint density at radius 1 is 0.929 bits per heavy atom. The highest BCUT2D eigenvalue weighted by Gasteiger charge is 1.88. The topological polar surface area (TPSA) is 0 Å². The molecule has 0 aliphatic rings. The number of rotatable bonds is 8. The van der Waals surface area contributed by atoms with Gasteiger partial charge in [-0.15, -0.1) is 12.3 Å². The lowest BCUT2D eigenvalue weighted by Crippen LogP contribution is -1.78. The van der Waals surface area contributed by atoms with E-state index in [4.69, 9.17) is 0 Å². The fourth-order valence-corrected chi connectivity index (χ4v) is 1.25. The second-order valence-electron chi connectivity index (χ2n) is 3.45. The molecule has 0 bridgehead atoms. The quantitative estimate of drug-likeness (QED) is 0.280. The predicted octanol–water partition coefficient (Wildman–Crippen LogP) is 5.27. The summed E-state index contributed by atoms with van der Waals surface area (Å²) in [4.78, 5) is 0. The molecule has 0 radical (unpaired) electrons. The van der Waals surface area contributed by atoms with Crippen LogP contribution < -0.4 is 0 Å². The molecule has 0 rings (SSSR count). The molecule has 82 valence electrons. The van der Waals surface area contributed by atoms with Crippen molar-refractivity contribution in [3.8, 4) is 0 Å². The third kappa shape index (κ3) is 22.5. The van der Waals surface area contributed by atoms with Gasteiger partial charge in [-0.3, -0.25) is 0 Å². The molecule has 0 heteroatoms. The first-order valence-corrected chi connectivity index (χ1v) is 5.73. The Morgan fingerprint density at radius 3 is 1.79 bits per heavy atom. The largest absolute Gasteiger partial charge is 0.137 e. The summed E-state index contributed by atoms with van der Waals surface area (Å²) in [5.41, 5.74) is 2.25. The van der Waals surface area contributed by atoms with Gasteiger partial charge in [0.25, 0.3) is 0 Å². The smallest absolute Gasteiger partial charge is 0.0353 e. The van der Waals surface area contributed by atoms with Crippen LogP contribution in [-0.2, 0) is 0 Å². The average Bonchev–Trinajstić information content (AvgIpc) is 2.18. The van der Waals surface area contributed by atoms with Crippen LogP contribution in [0.15, 0.2) is 31.5 Å². The number of hydrogen-bond donors (Lipinski definition) is 0. The summed E-state index contributed by atoms with van der Waals surface area (Å²) in [5, 5.41) is 0. The van der Waals surface area contributed by atoms with Crippen LogP contribution in [0.4, 0.5) is 0 Å². The summed E-state index contributed by atoms with van der Waals surface area (Å²) in [6.07, 6.45) is 13.0. The molecule has 0 aliphatic carbocycles. The van der Waals surface area contributed by atoms with E-state index in [1.165, 1.54) is 51.4 Å². The molecule has 14 heavy (non-hydrogen) atoms. The fraction of sp³-hybridized carbons (Fsp3) is 0.643. The molecule has 0 fully saturated rings. The van der Waals surface area contributed by atoms with Crippen molar-refractivity contribution in [1.29, 1.82) is 0 Å². The molecule has 0 N–H and O–H groups in total. The van der Waals surface area contributed by atoms with Crippen molar-refractivity contribution in [1.82, 2.24) is 0 Å². The summed E-state index contributed by atoms with van der Waals surface area (Å²) < 4.78 is 0. The highest BCUT2D eigenvalue weighted by Crippen LogP contribution is 2.07. The zero-order chi connectivity index (χ0) is 11.1. The van der Waals surface area contributed by atoms with E-state index in [0.717, 1.165) is 0 Å². The molecule has 0 saturated heterocycles. The van der Waals surface area contributed by atoms with E-state index in [2.05, 4.69) is 32.4 Å². The van der Waals surface area contributed by atoms with Crippen LogP contribution in [-0.4, -0.2) is 0 Å². The van der Waals surface area contributed by atoms with Crippen molar-refractivity contribution < 1.29 is 0 Å². The van der Waals surface area contributed by atoms with Crippen LogP contribution in [0.5, 0.6) is 0 Å². The molecule has 0 aromatic carbocycles. The van der Waals surface area contributed by atoms with E-state index >= 15 is 0 Å². The first-order valence-electron chi connectivity index (χ1n) is 5.73. The monoisotopic (exact) mass is 194 g/mol. The van der Waals surface area contributed by atoms with Gasteiger partial charge < -0.3 is 0 Å². The van der Waals surface area contributed by atoms with E-state index < -0.39 is 0 Å². The summed E-state index contributed by atoms with van der Waals surface area (Å²) in [7, 11) is 0. The molecule has 0 spiro atoms. The van der Waals surface area contributed by atoms with Gasteiger partial charge in [0.15, 0.2) is 0 Å². The second-order valence-corrected chi connectivity index (χ2v) is 3.45. The SMILES string of the molecule is C=C=C.C=CCCCCCCCCC. The van der Waals surface area contributed by atoms with Gasteiger partial charge in [0.2, 0.25) is 0 Å². The molecular formula is C14H26. The van der Waals surface area contributed by atoms with E-state index in [1.807, 2.05) is 6.08 Å². The van der Waals surface area contributed by atoms with Gasteiger partial charge in [-0.05, 0) is 12.8 Å². The summed E-state index contributed by atoms with van der Waals surface area (Å²) in [6, 6.07) is 0. The Morgan fingerprint density at radius 2 is 1.36 bits per heavy atom. The zero-order valence-corrected chi connectivity index (χ0v) is 9.86. The van der Waals surface area contributed by atoms with Gasteiger partial charge in [0.1, 0.15) is 0 Å². The minimum absolute atomic E-state index is 1.20. The maximum absolute atomic E-state index is 3.71. The van der Waals surface area contributed by atoms with Gasteiger partial charge in [-0.25, -0.2) is 0 Å². The molecule has 0 saturated carbocycles. The molecule has 0 amide bonds. The molecule has 0 aliphatic heterocycles. The standard InChI is InChI=1S/C11H22.C3H4/c1-3-5-7-9-11-10-8-6-4-2;1-3-2/h3H,1,4-11H2,2H3;1-2H2. The lowest BCUT2D eigenvalue weighted by molar-refractivity contribution is 0.592. The first-order chi connectivity index (χ1) is 6.83. The van der Waals surface area contributed by atoms with Crippen LogP contribution in [0, 0.1) is 0 Å². The van der Waals surface area contributed by atoms with Crippen molar-refractivity contribution in [2.24, 2.45) is 0 Å². The predicted molar refractivity (Wildman–Crippen MR) is 67.6 cm³/mol. The lowest BCUT2D eigenvalue weighted by atomic mass is 10.1. The van der Waals surface area contributed by atoms with Crippen molar-refractivity contribution in [2.45, 2.75) is 58.3 Å². The van der Waals surface area contributed by atoms with Crippen molar-refractivity contribution >= 4 is 0 Å². The van der Waals surface area contributed by atoms with E-state index in [0.29, 0.717) is 0 Å². The Bertz CT molecular complexity index is 127. The highest BCUT2D eigenvalue weighted by molar-refractivity contribution is 4.65. The molecule has 0 unspecified atom stereocenters. The van der Waals surface area contributed by atoms with Gasteiger partial charge >= 0.3 is 0 Å². The number of allylic oxidation sites excluding steroid dienone is 1.